The third kappa shape index (κ3) is 3.31. The first-order valence-corrected chi connectivity index (χ1v) is 12.9. The molecule has 0 radical (unpaired) electrons. The van der Waals surface area contributed by atoms with Gasteiger partial charge in [0, 0.05) is 27.2 Å². The topological polar surface area (TPSA) is 34.5 Å². The zero-order valence-electron chi connectivity index (χ0n) is 20.8. The second-order valence-corrected chi connectivity index (χ2v) is 9.80. The van der Waals surface area contributed by atoms with Gasteiger partial charge in [-0.1, -0.05) is 78.9 Å². The van der Waals surface area contributed by atoms with E-state index in [1.807, 2.05) is 48.5 Å². The summed E-state index contributed by atoms with van der Waals surface area (Å²) in [5.41, 5.74) is 9.85. The summed E-state index contributed by atoms with van der Waals surface area (Å²) >= 11 is 0. The molecule has 0 aliphatic heterocycles. The van der Waals surface area contributed by atoms with Gasteiger partial charge in [0.1, 0.15) is 5.65 Å². The fourth-order valence-corrected chi connectivity index (χ4v) is 5.65. The van der Waals surface area contributed by atoms with Crippen molar-refractivity contribution in [2.45, 2.75) is 0 Å². The van der Waals surface area contributed by atoms with Crippen LogP contribution >= 0.6 is 0 Å². The lowest BCUT2D eigenvalue weighted by Crippen LogP contribution is -1.92. The molecule has 180 valence electrons. The second kappa shape index (κ2) is 8.24. The molecule has 39 heavy (non-hydrogen) atoms. The SMILES string of the molecule is [C-]#[N+]c1ccc2c3cc(-c4ccc(-c5ccc6ccccc6n5)cc4)ccc3c3nc4ccccc4n3c2c1. The Morgan fingerprint density at radius 3 is 2.15 bits per heavy atom. The highest BCUT2D eigenvalue weighted by Gasteiger charge is 2.15. The molecule has 0 saturated heterocycles. The first-order valence-electron chi connectivity index (χ1n) is 12.9. The fourth-order valence-electron chi connectivity index (χ4n) is 5.65. The number of para-hydroxylation sites is 3. The van der Waals surface area contributed by atoms with Gasteiger partial charge in [-0.2, -0.15) is 0 Å². The molecule has 0 spiro atoms. The maximum atomic E-state index is 7.58. The Hall–Kier alpha value is -5.53. The highest BCUT2D eigenvalue weighted by Crippen LogP contribution is 2.36. The van der Waals surface area contributed by atoms with Crippen molar-refractivity contribution >= 4 is 54.9 Å². The lowest BCUT2D eigenvalue weighted by Gasteiger charge is -2.12. The van der Waals surface area contributed by atoms with Gasteiger partial charge in [0.15, 0.2) is 5.69 Å². The smallest absolute Gasteiger partial charge is 0.189 e. The number of aromatic nitrogens is 3. The van der Waals surface area contributed by atoms with Crippen LogP contribution in [0.25, 0.3) is 76.5 Å². The molecule has 0 fully saturated rings. The molecular weight excluding hydrogens is 476 g/mol. The third-order valence-electron chi connectivity index (χ3n) is 7.58. The van der Waals surface area contributed by atoms with Crippen molar-refractivity contribution in [3.05, 3.63) is 133 Å². The minimum absolute atomic E-state index is 0.620. The van der Waals surface area contributed by atoms with Crippen LogP contribution in [0.3, 0.4) is 0 Å². The first kappa shape index (κ1) is 21.5. The fraction of sp³-hybridized carbons (Fsp3) is 0. The van der Waals surface area contributed by atoms with E-state index in [2.05, 4.69) is 82.0 Å². The summed E-state index contributed by atoms with van der Waals surface area (Å²) in [7, 11) is 0. The van der Waals surface area contributed by atoms with Gasteiger partial charge in [0.25, 0.3) is 0 Å². The summed E-state index contributed by atoms with van der Waals surface area (Å²) < 4.78 is 2.19. The monoisotopic (exact) mass is 496 g/mol. The molecule has 5 aromatic carbocycles. The van der Waals surface area contributed by atoms with Crippen LogP contribution in [-0.4, -0.2) is 14.4 Å². The van der Waals surface area contributed by atoms with Crippen molar-refractivity contribution in [2.24, 2.45) is 0 Å². The number of hydrogen-bond donors (Lipinski definition) is 0. The normalized spacial score (nSPS) is 11.6. The number of benzene rings is 5. The molecule has 0 aliphatic rings. The molecule has 0 unspecified atom stereocenters. The number of fused-ring (bicyclic) bond motifs is 9. The van der Waals surface area contributed by atoms with E-state index in [0.29, 0.717) is 5.69 Å². The van der Waals surface area contributed by atoms with Crippen molar-refractivity contribution in [1.29, 1.82) is 0 Å². The van der Waals surface area contributed by atoms with Gasteiger partial charge < -0.3 is 0 Å². The van der Waals surface area contributed by atoms with E-state index in [4.69, 9.17) is 16.5 Å². The summed E-state index contributed by atoms with van der Waals surface area (Å²) in [5.74, 6) is 0. The Labute approximate surface area is 224 Å². The minimum Gasteiger partial charge on any atom is -0.293 e. The van der Waals surface area contributed by atoms with Crippen LogP contribution in [0.5, 0.6) is 0 Å². The Kier molecular flexibility index (Phi) is 4.55. The molecule has 3 aromatic heterocycles. The number of nitrogens with zero attached hydrogens (tertiary/aromatic N) is 4. The van der Waals surface area contributed by atoms with Crippen LogP contribution in [0.4, 0.5) is 5.69 Å². The minimum atomic E-state index is 0.620. The van der Waals surface area contributed by atoms with Gasteiger partial charge in [-0.25, -0.2) is 14.8 Å². The summed E-state index contributed by atoms with van der Waals surface area (Å²) in [5, 5.41) is 4.47. The van der Waals surface area contributed by atoms with Crippen molar-refractivity contribution in [2.75, 3.05) is 0 Å². The number of hydrogen-bond acceptors (Lipinski definition) is 2. The second-order valence-electron chi connectivity index (χ2n) is 9.80. The van der Waals surface area contributed by atoms with E-state index in [9.17, 15) is 0 Å². The van der Waals surface area contributed by atoms with Gasteiger partial charge in [0.2, 0.25) is 0 Å². The number of rotatable bonds is 2. The van der Waals surface area contributed by atoms with Crippen LogP contribution in [0.15, 0.2) is 121 Å². The van der Waals surface area contributed by atoms with Gasteiger partial charge in [-0.15, -0.1) is 0 Å². The van der Waals surface area contributed by atoms with Crippen LogP contribution < -0.4 is 0 Å². The average Bonchev–Trinajstić information content (AvgIpc) is 3.40. The Balaban J connectivity index is 1.31. The van der Waals surface area contributed by atoms with E-state index in [1.165, 1.54) is 0 Å². The lowest BCUT2D eigenvalue weighted by atomic mass is 9.97. The lowest BCUT2D eigenvalue weighted by molar-refractivity contribution is 1.32. The quantitative estimate of drug-likeness (QED) is 0.177. The van der Waals surface area contributed by atoms with Gasteiger partial charge in [0.05, 0.1) is 28.8 Å². The highest BCUT2D eigenvalue weighted by molar-refractivity contribution is 6.15. The van der Waals surface area contributed by atoms with E-state index in [1.54, 1.807) is 0 Å². The van der Waals surface area contributed by atoms with Crippen LogP contribution in [-0.2, 0) is 0 Å². The molecule has 0 amide bonds. The number of pyridine rings is 2. The summed E-state index contributed by atoms with van der Waals surface area (Å²) in [6.07, 6.45) is 0. The van der Waals surface area contributed by atoms with E-state index in [-0.39, 0.29) is 0 Å². The van der Waals surface area contributed by atoms with Gasteiger partial charge in [-0.05, 0) is 59.0 Å². The van der Waals surface area contributed by atoms with Crippen molar-refractivity contribution < 1.29 is 0 Å². The largest absolute Gasteiger partial charge is 0.293 e. The molecule has 4 heteroatoms. The van der Waals surface area contributed by atoms with Crippen molar-refractivity contribution in [3.8, 4) is 22.4 Å². The van der Waals surface area contributed by atoms with Gasteiger partial charge >= 0.3 is 0 Å². The molecule has 0 N–H and O–H groups in total. The number of imidazole rings is 1. The van der Waals surface area contributed by atoms with Crippen molar-refractivity contribution in [1.82, 2.24) is 14.4 Å². The Morgan fingerprint density at radius 1 is 0.538 bits per heavy atom. The zero-order valence-corrected chi connectivity index (χ0v) is 20.8. The maximum Gasteiger partial charge on any atom is 0.189 e. The molecule has 0 atom stereocenters. The Morgan fingerprint density at radius 2 is 1.28 bits per heavy atom. The predicted octanol–water partition coefficient (Wildman–Crippen LogP) is 9.23. The molecule has 0 aliphatic carbocycles. The van der Waals surface area contributed by atoms with Crippen LogP contribution in [0.2, 0.25) is 0 Å². The molecule has 0 bridgehead atoms. The molecular formula is C35H20N4. The average molecular weight is 497 g/mol. The van der Waals surface area contributed by atoms with E-state index < -0.39 is 0 Å². The Bertz CT molecular complexity index is 2290. The molecule has 4 nitrogen and oxygen atoms in total. The van der Waals surface area contributed by atoms with Crippen molar-refractivity contribution in [3.63, 3.8) is 0 Å². The standard InChI is InChI=1S/C35H20N4/c1-36-26-16-18-27-29-20-25(14-17-28(29)35-38-32-8-4-5-9-33(32)39(35)34(27)21-26)22-10-12-24(13-11-22)31-19-15-23-6-2-3-7-30(23)37-31/h2-21H. The highest BCUT2D eigenvalue weighted by atomic mass is 15.0. The third-order valence-corrected chi connectivity index (χ3v) is 7.58. The first-order chi connectivity index (χ1) is 19.3. The summed E-state index contributed by atoms with van der Waals surface area (Å²) in [6, 6.07) is 41.7. The predicted molar refractivity (Wildman–Crippen MR) is 160 cm³/mol. The summed E-state index contributed by atoms with van der Waals surface area (Å²) in [6.45, 7) is 7.58. The zero-order chi connectivity index (χ0) is 25.9. The van der Waals surface area contributed by atoms with Crippen LogP contribution in [0.1, 0.15) is 0 Å². The van der Waals surface area contributed by atoms with Crippen LogP contribution in [0, 0.1) is 6.57 Å². The molecule has 8 aromatic rings. The molecule has 8 rings (SSSR count). The van der Waals surface area contributed by atoms with Gasteiger partial charge in [-0.3, -0.25) is 4.40 Å². The van der Waals surface area contributed by atoms with E-state index >= 15 is 0 Å². The molecule has 0 saturated carbocycles. The molecule has 3 heterocycles. The summed E-state index contributed by atoms with van der Waals surface area (Å²) in [4.78, 5) is 13.5. The maximum absolute atomic E-state index is 7.58. The van der Waals surface area contributed by atoms with E-state index in [0.717, 1.165) is 71.6 Å².